The van der Waals surface area contributed by atoms with Crippen molar-refractivity contribution in [3.63, 3.8) is 0 Å². The van der Waals surface area contributed by atoms with Crippen molar-refractivity contribution >= 4 is 11.6 Å². The van der Waals surface area contributed by atoms with Crippen LogP contribution in [0.4, 0.5) is 10.1 Å². The second-order valence-electron chi connectivity index (χ2n) is 6.43. The topological polar surface area (TPSA) is 41.6 Å². The molecule has 1 amide bonds. The standard InChI is InChI=1S/C20H23FN2O2/c1-15(24)22-18-6-2-16(3-7-18)14-23-12-10-20(11-13-23)25-19-8-4-17(21)5-9-19/h2-9,20H,10-14H2,1H3,(H,22,24). The van der Waals surface area contributed by atoms with Crippen molar-refractivity contribution in [1.29, 1.82) is 0 Å². The summed E-state index contributed by atoms with van der Waals surface area (Å²) >= 11 is 0. The van der Waals surface area contributed by atoms with E-state index in [1.807, 2.05) is 24.3 Å². The number of carbonyl (C=O) groups excluding carboxylic acids is 1. The third kappa shape index (κ3) is 5.29. The molecule has 1 aliphatic rings. The summed E-state index contributed by atoms with van der Waals surface area (Å²) in [5.74, 6) is 0.427. The lowest BCUT2D eigenvalue weighted by Crippen LogP contribution is -2.37. The van der Waals surface area contributed by atoms with Crippen LogP contribution in [-0.4, -0.2) is 30.0 Å². The molecule has 0 bridgehead atoms. The van der Waals surface area contributed by atoms with Gasteiger partial charge in [-0.05, 0) is 54.8 Å². The Labute approximate surface area is 147 Å². The number of rotatable bonds is 5. The Morgan fingerprint density at radius 3 is 2.36 bits per heavy atom. The van der Waals surface area contributed by atoms with E-state index in [2.05, 4.69) is 10.2 Å². The van der Waals surface area contributed by atoms with E-state index in [4.69, 9.17) is 4.74 Å². The maximum absolute atomic E-state index is 12.9. The normalized spacial score (nSPS) is 15.8. The lowest BCUT2D eigenvalue weighted by Gasteiger charge is -2.32. The van der Waals surface area contributed by atoms with Crippen LogP contribution < -0.4 is 10.1 Å². The van der Waals surface area contributed by atoms with Gasteiger partial charge in [0.1, 0.15) is 17.7 Å². The van der Waals surface area contributed by atoms with E-state index in [1.54, 1.807) is 12.1 Å². The van der Waals surface area contributed by atoms with Gasteiger partial charge in [-0.3, -0.25) is 9.69 Å². The number of anilines is 1. The van der Waals surface area contributed by atoms with Crippen molar-refractivity contribution in [2.45, 2.75) is 32.4 Å². The molecule has 5 heteroatoms. The van der Waals surface area contributed by atoms with E-state index >= 15 is 0 Å². The first-order valence-corrected chi connectivity index (χ1v) is 8.59. The first-order valence-electron chi connectivity index (χ1n) is 8.59. The SMILES string of the molecule is CC(=O)Nc1ccc(CN2CCC(Oc3ccc(F)cc3)CC2)cc1. The molecule has 2 aromatic carbocycles. The van der Waals surface area contributed by atoms with Crippen molar-refractivity contribution in [3.05, 3.63) is 59.9 Å². The lowest BCUT2D eigenvalue weighted by molar-refractivity contribution is -0.114. The molecule has 0 aromatic heterocycles. The van der Waals surface area contributed by atoms with Gasteiger partial charge in [0, 0.05) is 32.2 Å². The van der Waals surface area contributed by atoms with Gasteiger partial charge >= 0.3 is 0 Å². The summed E-state index contributed by atoms with van der Waals surface area (Å²) < 4.78 is 18.9. The summed E-state index contributed by atoms with van der Waals surface area (Å²) in [6.07, 6.45) is 2.10. The van der Waals surface area contributed by atoms with E-state index in [0.29, 0.717) is 0 Å². The second-order valence-corrected chi connectivity index (χ2v) is 6.43. The molecule has 4 nitrogen and oxygen atoms in total. The van der Waals surface area contributed by atoms with Crippen molar-refractivity contribution in [1.82, 2.24) is 4.90 Å². The lowest BCUT2D eigenvalue weighted by atomic mass is 10.1. The van der Waals surface area contributed by atoms with Gasteiger partial charge in [0.2, 0.25) is 5.91 Å². The zero-order chi connectivity index (χ0) is 17.6. The second kappa shape index (κ2) is 8.12. The minimum atomic E-state index is -0.244. The number of piperidine rings is 1. The van der Waals surface area contributed by atoms with E-state index in [1.165, 1.54) is 24.6 Å². The molecular weight excluding hydrogens is 319 g/mol. The van der Waals surface area contributed by atoms with Gasteiger partial charge in [0.25, 0.3) is 0 Å². The Morgan fingerprint density at radius 2 is 1.76 bits per heavy atom. The number of halogens is 1. The van der Waals surface area contributed by atoms with Crippen LogP contribution >= 0.6 is 0 Å². The summed E-state index contributed by atoms with van der Waals surface area (Å²) in [5, 5.41) is 2.78. The molecule has 0 spiro atoms. The number of hydrogen-bond donors (Lipinski definition) is 1. The number of hydrogen-bond acceptors (Lipinski definition) is 3. The van der Waals surface area contributed by atoms with Gasteiger partial charge in [0.15, 0.2) is 0 Å². The van der Waals surface area contributed by atoms with Crippen LogP contribution in [0.1, 0.15) is 25.3 Å². The van der Waals surface area contributed by atoms with Gasteiger partial charge in [-0.2, -0.15) is 0 Å². The van der Waals surface area contributed by atoms with Crippen LogP contribution in [-0.2, 0) is 11.3 Å². The van der Waals surface area contributed by atoms with E-state index in [0.717, 1.165) is 43.9 Å². The maximum Gasteiger partial charge on any atom is 0.221 e. The average Bonchev–Trinajstić information content (AvgIpc) is 2.60. The van der Waals surface area contributed by atoms with Crippen LogP contribution in [0.3, 0.4) is 0 Å². The first-order chi connectivity index (χ1) is 12.1. The van der Waals surface area contributed by atoms with Crippen molar-refractivity contribution in [3.8, 4) is 5.75 Å². The van der Waals surface area contributed by atoms with Gasteiger partial charge in [0.05, 0.1) is 0 Å². The first kappa shape index (κ1) is 17.4. The summed E-state index contributed by atoms with van der Waals surface area (Å²) in [5.41, 5.74) is 2.05. The fraction of sp³-hybridized carbons (Fsp3) is 0.350. The molecule has 132 valence electrons. The van der Waals surface area contributed by atoms with Crippen molar-refractivity contribution in [2.24, 2.45) is 0 Å². The Morgan fingerprint density at radius 1 is 1.12 bits per heavy atom. The van der Waals surface area contributed by atoms with Crippen LogP contribution in [0.15, 0.2) is 48.5 Å². The zero-order valence-electron chi connectivity index (χ0n) is 14.4. The highest BCUT2D eigenvalue weighted by atomic mass is 19.1. The summed E-state index contributed by atoms with van der Waals surface area (Å²) in [4.78, 5) is 13.4. The Balaban J connectivity index is 1.45. The molecule has 1 fully saturated rings. The van der Waals surface area contributed by atoms with Crippen molar-refractivity contribution in [2.75, 3.05) is 18.4 Å². The summed E-state index contributed by atoms with van der Waals surface area (Å²) in [6.45, 7) is 4.34. The number of nitrogens with zero attached hydrogens (tertiary/aromatic N) is 1. The van der Waals surface area contributed by atoms with Crippen LogP contribution in [0.25, 0.3) is 0 Å². The molecule has 0 atom stereocenters. The molecule has 0 unspecified atom stereocenters. The average molecular weight is 342 g/mol. The van der Waals surface area contributed by atoms with E-state index in [9.17, 15) is 9.18 Å². The smallest absolute Gasteiger partial charge is 0.221 e. The van der Waals surface area contributed by atoms with Gasteiger partial charge in [-0.15, -0.1) is 0 Å². The fourth-order valence-electron chi connectivity index (χ4n) is 3.05. The molecule has 1 heterocycles. The largest absolute Gasteiger partial charge is 0.490 e. The molecule has 1 aliphatic heterocycles. The van der Waals surface area contributed by atoms with Gasteiger partial charge in [-0.25, -0.2) is 4.39 Å². The molecule has 0 aliphatic carbocycles. The van der Waals surface area contributed by atoms with Crippen LogP contribution in [0.2, 0.25) is 0 Å². The predicted molar refractivity (Wildman–Crippen MR) is 96.1 cm³/mol. The van der Waals surface area contributed by atoms with Crippen LogP contribution in [0.5, 0.6) is 5.75 Å². The molecule has 2 aromatic rings. The number of nitrogens with one attached hydrogen (secondary N) is 1. The molecule has 25 heavy (non-hydrogen) atoms. The molecule has 1 saturated heterocycles. The maximum atomic E-state index is 12.9. The molecule has 1 N–H and O–H groups in total. The summed E-state index contributed by atoms with van der Waals surface area (Å²) in [6, 6.07) is 14.2. The molecular formula is C20H23FN2O2. The minimum absolute atomic E-state index is 0.0593. The van der Waals surface area contributed by atoms with Gasteiger partial charge < -0.3 is 10.1 Å². The molecule has 0 saturated carbocycles. The number of benzene rings is 2. The number of likely N-dealkylation sites (tertiary alicyclic amines) is 1. The number of ether oxygens (including phenoxy) is 1. The monoisotopic (exact) mass is 342 g/mol. The van der Waals surface area contributed by atoms with E-state index in [-0.39, 0.29) is 17.8 Å². The highest BCUT2D eigenvalue weighted by Gasteiger charge is 2.20. The predicted octanol–water partition coefficient (Wildman–Crippen LogP) is 3.83. The van der Waals surface area contributed by atoms with Gasteiger partial charge in [-0.1, -0.05) is 12.1 Å². The Hall–Kier alpha value is -2.40. The molecule has 3 rings (SSSR count). The van der Waals surface area contributed by atoms with Crippen molar-refractivity contribution < 1.29 is 13.9 Å². The van der Waals surface area contributed by atoms with Crippen LogP contribution in [0, 0.1) is 5.82 Å². The number of amides is 1. The van der Waals surface area contributed by atoms with E-state index < -0.39 is 0 Å². The third-order valence-corrected chi connectivity index (χ3v) is 4.33. The fourth-order valence-corrected chi connectivity index (χ4v) is 3.05. The zero-order valence-corrected chi connectivity index (χ0v) is 14.4. The molecule has 0 radical (unpaired) electrons. The number of carbonyl (C=O) groups is 1. The highest BCUT2D eigenvalue weighted by Crippen LogP contribution is 2.21. The Bertz CT molecular complexity index is 693. The highest BCUT2D eigenvalue weighted by molar-refractivity contribution is 5.88. The Kier molecular flexibility index (Phi) is 5.66. The third-order valence-electron chi connectivity index (χ3n) is 4.33. The summed E-state index contributed by atoms with van der Waals surface area (Å²) in [7, 11) is 0. The minimum Gasteiger partial charge on any atom is -0.490 e. The quantitative estimate of drug-likeness (QED) is 0.898.